The lowest BCUT2D eigenvalue weighted by Crippen LogP contribution is -2.42. The van der Waals surface area contributed by atoms with Crippen LogP contribution in [0, 0.1) is 23.6 Å². The van der Waals surface area contributed by atoms with E-state index in [2.05, 4.69) is 21.8 Å². The van der Waals surface area contributed by atoms with E-state index in [0.29, 0.717) is 24.9 Å². The third-order valence-corrected chi connectivity index (χ3v) is 8.81. The maximum Gasteiger partial charge on any atom is 0.573 e. The number of alkyl halides is 3. The average Bonchev–Trinajstić information content (AvgIpc) is 3.73. The van der Waals surface area contributed by atoms with E-state index in [9.17, 15) is 27.5 Å². The molecule has 9 heteroatoms. The minimum absolute atomic E-state index is 0.0180. The first kappa shape index (κ1) is 27.7. The Labute approximate surface area is 226 Å². The minimum Gasteiger partial charge on any atom is -0.490 e. The lowest BCUT2D eigenvalue weighted by Gasteiger charge is -2.40. The highest BCUT2D eigenvalue weighted by atomic mass is 19.4. The van der Waals surface area contributed by atoms with Gasteiger partial charge in [-0.3, -0.25) is 9.69 Å². The number of hydrogen-bond acceptors (Lipinski definition) is 4. The molecule has 5 nitrogen and oxygen atoms in total. The molecule has 212 valence electrons. The largest absolute Gasteiger partial charge is 0.573 e. The Kier molecular flexibility index (Phi) is 7.82. The highest BCUT2D eigenvalue weighted by Crippen LogP contribution is 2.48. The van der Waals surface area contributed by atoms with E-state index < -0.39 is 30.1 Å². The van der Waals surface area contributed by atoms with Crippen molar-refractivity contribution >= 4 is 5.97 Å². The number of carbonyl (C=O) groups is 1. The Morgan fingerprint density at radius 2 is 1.77 bits per heavy atom. The van der Waals surface area contributed by atoms with Crippen molar-refractivity contribution in [3.63, 3.8) is 0 Å². The number of carboxylic acids is 1. The van der Waals surface area contributed by atoms with E-state index in [-0.39, 0.29) is 23.3 Å². The first-order valence-electron chi connectivity index (χ1n) is 13.8. The van der Waals surface area contributed by atoms with Gasteiger partial charge in [-0.15, -0.1) is 13.2 Å². The van der Waals surface area contributed by atoms with Crippen LogP contribution in [0.25, 0.3) is 0 Å². The van der Waals surface area contributed by atoms with Gasteiger partial charge in [-0.1, -0.05) is 19.1 Å². The molecule has 0 amide bonds. The molecule has 39 heavy (non-hydrogen) atoms. The Morgan fingerprint density at radius 3 is 2.41 bits per heavy atom. The van der Waals surface area contributed by atoms with Crippen molar-refractivity contribution in [3.8, 4) is 11.5 Å². The highest BCUT2D eigenvalue weighted by molar-refractivity contribution is 5.71. The van der Waals surface area contributed by atoms with Crippen LogP contribution >= 0.6 is 0 Å². The van der Waals surface area contributed by atoms with Gasteiger partial charge in [0, 0.05) is 11.6 Å². The fourth-order valence-electron chi connectivity index (χ4n) is 6.46. The van der Waals surface area contributed by atoms with Crippen LogP contribution in [0.1, 0.15) is 74.6 Å². The van der Waals surface area contributed by atoms with Crippen LogP contribution in [0.15, 0.2) is 36.4 Å². The predicted molar refractivity (Wildman–Crippen MR) is 137 cm³/mol. The van der Waals surface area contributed by atoms with E-state index in [1.54, 1.807) is 13.8 Å². The van der Waals surface area contributed by atoms with Crippen LogP contribution in [-0.4, -0.2) is 41.5 Å². The van der Waals surface area contributed by atoms with Crippen LogP contribution in [0.3, 0.4) is 0 Å². The Balaban J connectivity index is 1.24. The van der Waals surface area contributed by atoms with Crippen LogP contribution in [0.2, 0.25) is 0 Å². The molecule has 5 rings (SSSR count). The Hall–Kier alpha value is -2.81. The molecule has 3 aliphatic rings. The molecule has 0 unspecified atom stereocenters. The number of halogens is 4. The SMILES string of the molecule is C[C@H](C(=O)O)[C@H](c1ccc2c(c1)O[C@@H](C1CCN([C@@H](C)c3cc(F)ccc3OC(F)(F)F)CC1)CC2)C1CC1. The number of ether oxygens (including phenoxy) is 2. The number of rotatable bonds is 8. The summed E-state index contributed by atoms with van der Waals surface area (Å²) in [6.07, 6.45) is 0.695. The van der Waals surface area contributed by atoms with E-state index in [1.165, 1.54) is 0 Å². The first-order chi connectivity index (χ1) is 18.5. The van der Waals surface area contributed by atoms with Crippen molar-refractivity contribution in [2.45, 2.75) is 76.8 Å². The smallest absolute Gasteiger partial charge is 0.490 e. The van der Waals surface area contributed by atoms with Crippen LogP contribution in [-0.2, 0) is 11.2 Å². The third kappa shape index (κ3) is 6.34. The summed E-state index contributed by atoms with van der Waals surface area (Å²) in [6, 6.07) is 8.88. The number of carboxylic acid groups (broad SMARTS) is 1. The van der Waals surface area contributed by atoms with Crippen molar-refractivity contribution in [1.82, 2.24) is 4.90 Å². The first-order valence-corrected chi connectivity index (χ1v) is 13.8. The van der Waals surface area contributed by atoms with Gasteiger partial charge < -0.3 is 14.6 Å². The van der Waals surface area contributed by atoms with Gasteiger partial charge in [0.05, 0.1) is 5.92 Å². The van der Waals surface area contributed by atoms with Crippen molar-refractivity contribution in [2.75, 3.05) is 13.1 Å². The number of aliphatic carboxylic acids is 1. The van der Waals surface area contributed by atoms with Crippen LogP contribution < -0.4 is 9.47 Å². The topological polar surface area (TPSA) is 59.0 Å². The summed E-state index contributed by atoms with van der Waals surface area (Å²) in [4.78, 5) is 13.8. The summed E-state index contributed by atoms with van der Waals surface area (Å²) in [5.74, 6) is -0.686. The number of benzene rings is 2. The molecule has 0 bridgehead atoms. The maximum absolute atomic E-state index is 13.9. The molecule has 1 saturated carbocycles. The zero-order chi connectivity index (χ0) is 27.9. The molecule has 2 aliphatic heterocycles. The van der Waals surface area contributed by atoms with Crippen molar-refractivity contribution in [2.24, 2.45) is 17.8 Å². The molecular weight excluding hydrogens is 514 g/mol. The summed E-state index contributed by atoms with van der Waals surface area (Å²) in [5.41, 5.74) is 2.35. The lowest BCUT2D eigenvalue weighted by atomic mass is 9.81. The summed E-state index contributed by atoms with van der Waals surface area (Å²) in [7, 11) is 0. The quantitative estimate of drug-likeness (QED) is 0.356. The summed E-state index contributed by atoms with van der Waals surface area (Å²) < 4.78 is 63.4. The molecule has 1 N–H and O–H groups in total. The van der Waals surface area contributed by atoms with E-state index >= 15 is 0 Å². The summed E-state index contributed by atoms with van der Waals surface area (Å²) in [6.45, 7) is 4.87. The molecule has 2 aromatic carbocycles. The van der Waals surface area contributed by atoms with Gasteiger partial charge in [-0.2, -0.15) is 0 Å². The molecular formula is C30H35F4NO4. The standard InChI is InChI=1S/C30H35F4NO4/c1-17(29(36)37)28(21-4-5-21)22-6-3-19-7-9-25(38-27(19)15-22)20-11-13-35(14-12-20)18(2)24-16-23(31)8-10-26(24)39-30(32,33)34/h3,6,8,10,15-18,20-21,25,28H,4-5,7,9,11-14H2,1-2H3,(H,36,37)/t17-,18-,25+,28-/m0/s1. The van der Waals surface area contributed by atoms with E-state index in [0.717, 1.165) is 73.6 Å². The van der Waals surface area contributed by atoms with Crippen molar-refractivity contribution in [1.29, 1.82) is 0 Å². The monoisotopic (exact) mass is 549 g/mol. The number of hydrogen-bond donors (Lipinski definition) is 1. The van der Waals surface area contributed by atoms with Gasteiger partial charge in [0.1, 0.15) is 23.4 Å². The molecule has 0 spiro atoms. The third-order valence-electron chi connectivity index (χ3n) is 8.81. The van der Waals surface area contributed by atoms with Crippen molar-refractivity contribution in [3.05, 3.63) is 58.9 Å². The number of piperidine rings is 1. The van der Waals surface area contributed by atoms with Gasteiger partial charge >= 0.3 is 12.3 Å². The van der Waals surface area contributed by atoms with Gasteiger partial charge in [-0.05, 0) is 112 Å². The number of fused-ring (bicyclic) bond motifs is 1. The molecule has 1 aliphatic carbocycles. The molecule has 0 aromatic heterocycles. The second-order valence-electron chi connectivity index (χ2n) is 11.3. The van der Waals surface area contributed by atoms with Gasteiger partial charge in [0.15, 0.2) is 0 Å². The summed E-state index contributed by atoms with van der Waals surface area (Å²) >= 11 is 0. The molecule has 2 aromatic rings. The summed E-state index contributed by atoms with van der Waals surface area (Å²) in [5, 5.41) is 9.64. The minimum atomic E-state index is -4.85. The second-order valence-corrected chi connectivity index (χ2v) is 11.3. The average molecular weight is 550 g/mol. The highest BCUT2D eigenvalue weighted by Gasteiger charge is 2.40. The Bertz CT molecular complexity index is 1190. The number of aryl methyl sites for hydroxylation is 1. The van der Waals surface area contributed by atoms with E-state index in [1.807, 2.05) is 6.07 Å². The molecule has 2 heterocycles. The number of nitrogens with zero attached hydrogens (tertiary/aromatic N) is 1. The fraction of sp³-hybridized carbons (Fsp3) is 0.567. The maximum atomic E-state index is 13.9. The fourth-order valence-corrected chi connectivity index (χ4v) is 6.46. The molecule has 0 radical (unpaired) electrons. The predicted octanol–water partition coefficient (Wildman–Crippen LogP) is 7.11. The second kappa shape index (κ2) is 11.0. The normalized spacial score (nSPS) is 22.9. The lowest BCUT2D eigenvalue weighted by molar-refractivity contribution is -0.275. The van der Waals surface area contributed by atoms with Gasteiger partial charge in [0.2, 0.25) is 0 Å². The molecule has 2 fully saturated rings. The zero-order valence-electron chi connectivity index (χ0n) is 22.2. The zero-order valence-corrected chi connectivity index (χ0v) is 22.2. The van der Waals surface area contributed by atoms with Gasteiger partial charge in [-0.25, -0.2) is 4.39 Å². The van der Waals surface area contributed by atoms with Crippen LogP contribution in [0.5, 0.6) is 11.5 Å². The molecule has 4 atom stereocenters. The van der Waals surface area contributed by atoms with Crippen molar-refractivity contribution < 1.29 is 36.9 Å². The molecule has 1 saturated heterocycles. The van der Waals surface area contributed by atoms with E-state index in [4.69, 9.17) is 4.74 Å². The van der Waals surface area contributed by atoms with Gasteiger partial charge in [0.25, 0.3) is 0 Å². The number of likely N-dealkylation sites (tertiary alicyclic amines) is 1. The van der Waals surface area contributed by atoms with Crippen LogP contribution in [0.4, 0.5) is 17.6 Å². The Morgan fingerprint density at radius 1 is 1.05 bits per heavy atom.